The van der Waals surface area contributed by atoms with Crippen molar-refractivity contribution in [2.45, 2.75) is 6.92 Å². The van der Waals surface area contributed by atoms with Crippen molar-refractivity contribution in [3.05, 3.63) is 42.0 Å². The Labute approximate surface area is 116 Å². The van der Waals surface area contributed by atoms with Gasteiger partial charge in [-0.25, -0.2) is 9.78 Å². The summed E-state index contributed by atoms with van der Waals surface area (Å²) in [4.78, 5) is 15.3. The van der Waals surface area contributed by atoms with E-state index in [-0.39, 0.29) is 11.4 Å². The predicted molar refractivity (Wildman–Crippen MR) is 74.4 cm³/mol. The van der Waals surface area contributed by atoms with Crippen molar-refractivity contribution in [2.24, 2.45) is 0 Å². The SMILES string of the molecule is CCOc1ccc(-c2cc(C(=O)O)cc(OC)n2)cc1. The summed E-state index contributed by atoms with van der Waals surface area (Å²) in [7, 11) is 1.45. The van der Waals surface area contributed by atoms with Crippen LogP contribution in [0, 0.1) is 0 Å². The number of carboxylic acids is 1. The van der Waals surface area contributed by atoms with Crippen molar-refractivity contribution >= 4 is 5.97 Å². The first-order chi connectivity index (χ1) is 9.63. The minimum Gasteiger partial charge on any atom is -0.494 e. The second-order valence-corrected chi connectivity index (χ2v) is 4.05. The zero-order valence-corrected chi connectivity index (χ0v) is 11.3. The third-order valence-electron chi connectivity index (χ3n) is 2.72. The number of hydrogen-bond acceptors (Lipinski definition) is 4. The smallest absolute Gasteiger partial charge is 0.335 e. The van der Waals surface area contributed by atoms with E-state index < -0.39 is 5.97 Å². The van der Waals surface area contributed by atoms with Gasteiger partial charge in [0, 0.05) is 11.6 Å². The van der Waals surface area contributed by atoms with Gasteiger partial charge in [0.05, 0.1) is 25.0 Å². The highest BCUT2D eigenvalue weighted by molar-refractivity contribution is 5.89. The van der Waals surface area contributed by atoms with E-state index in [0.29, 0.717) is 12.3 Å². The number of nitrogens with zero attached hydrogens (tertiary/aromatic N) is 1. The first-order valence-electron chi connectivity index (χ1n) is 6.16. The fourth-order valence-electron chi connectivity index (χ4n) is 1.77. The molecule has 0 aliphatic carbocycles. The Bertz CT molecular complexity index is 608. The molecule has 2 rings (SSSR count). The van der Waals surface area contributed by atoms with Crippen LogP contribution in [-0.4, -0.2) is 29.8 Å². The summed E-state index contributed by atoms with van der Waals surface area (Å²) in [5, 5.41) is 9.09. The van der Waals surface area contributed by atoms with Crippen molar-refractivity contribution < 1.29 is 19.4 Å². The van der Waals surface area contributed by atoms with Crippen molar-refractivity contribution in [3.63, 3.8) is 0 Å². The number of aromatic carboxylic acids is 1. The molecule has 1 aromatic heterocycles. The summed E-state index contributed by atoms with van der Waals surface area (Å²) in [6, 6.07) is 10.2. The highest BCUT2D eigenvalue weighted by atomic mass is 16.5. The number of methoxy groups -OCH3 is 1. The summed E-state index contributed by atoms with van der Waals surface area (Å²) in [5.41, 5.74) is 1.49. The molecule has 20 heavy (non-hydrogen) atoms. The van der Waals surface area contributed by atoms with Gasteiger partial charge < -0.3 is 14.6 Å². The van der Waals surface area contributed by atoms with Crippen molar-refractivity contribution in [1.29, 1.82) is 0 Å². The minimum atomic E-state index is -1.02. The molecule has 0 spiro atoms. The molecule has 5 heteroatoms. The van der Waals surface area contributed by atoms with E-state index in [4.69, 9.17) is 14.6 Å². The third kappa shape index (κ3) is 3.06. The molecule has 0 aliphatic heterocycles. The topological polar surface area (TPSA) is 68.7 Å². The molecule has 0 fully saturated rings. The van der Waals surface area contributed by atoms with Gasteiger partial charge in [-0.3, -0.25) is 0 Å². The van der Waals surface area contributed by atoms with Crippen LogP contribution in [0.3, 0.4) is 0 Å². The maximum Gasteiger partial charge on any atom is 0.335 e. The van der Waals surface area contributed by atoms with E-state index in [9.17, 15) is 4.79 Å². The standard InChI is InChI=1S/C15H15NO4/c1-3-20-12-6-4-10(5-7-12)13-8-11(15(17)18)9-14(16-13)19-2/h4-9H,3H2,1-2H3,(H,17,18). The highest BCUT2D eigenvalue weighted by Gasteiger charge is 2.10. The van der Waals surface area contributed by atoms with Gasteiger partial charge in [0.1, 0.15) is 5.75 Å². The molecule has 0 bridgehead atoms. The number of carbonyl (C=O) groups is 1. The lowest BCUT2D eigenvalue weighted by atomic mass is 10.1. The maximum absolute atomic E-state index is 11.1. The number of hydrogen-bond donors (Lipinski definition) is 1. The molecule has 0 saturated heterocycles. The molecule has 0 saturated carbocycles. The average molecular weight is 273 g/mol. The van der Waals surface area contributed by atoms with E-state index in [0.717, 1.165) is 11.3 Å². The lowest BCUT2D eigenvalue weighted by molar-refractivity contribution is 0.0696. The van der Waals surface area contributed by atoms with Gasteiger partial charge >= 0.3 is 5.97 Å². The van der Waals surface area contributed by atoms with Crippen molar-refractivity contribution in [1.82, 2.24) is 4.98 Å². The summed E-state index contributed by atoms with van der Waals surface area (Å²) >= 11 is 0. The number of carboxylic acid groups (broad SMARTS) is 1. The largest absolute Gasteiger partial charge is 0.494 e. The van der Waals surface area contributed by atoms with Crippen molar-refractivity contribution in [3.8, 4) is 22.9 Å². The molecule has 2 aromatic rings. The molecule has 0 unspecified atom stereocenters. The second-order valence-electron chi connectivity index (χ2n) is 4.05. The predicted octanol–water partition coefficient (Wildman–Crippen LogP) is 2.85. The minimum absolute atomic E-state index is 0.140. The molecule has 0 amide bonds. The first-order valence-corrected chi connectivity index (χ1v) is 6.16. The highest BCUT2D eigenvalue weighted by Crippen LogP contribution is 2.24. The Morgan fingerprint density at radius 3 is 2.50 bits per heavy atom. The quantitative estimate of drug-likeness (QED) is 0.907. The fourth-order valence-corrected chi connectivity index (χ4v) is 1.77. The molecule has 104 valence electrons. The van der Waals surface area contributed by atoms with Crippen LogP contribution >= 0.6 is 0 Å². The molecule has 1 aromatic carbocycles. The van der Waals surface area contributed by atoms with Gasteiger partial charge in [-0.15, -0.1) is 0 Å². The Hall–Kier alpha value is -2.56. The summed E-state index contributed by atoms with van der Waals surface area (Å²) in [5.74, 6) is 0.0178. The van der Waals surface area contributed by atoms with Crippen LogP contribution in [-0.2, 0) is 0 Å². The monoisotopic (exact) mass is 273 g/mol. The number of rotatable bonds is 5. The first kappa shape index (κ1) is 13.9. The van der Waals surface area contributed by atoms with Crippen LogP contribution in [0.4, 0.5) is 0 Å². The number of ether oxygens (including phenoxy) is 2. The second kappa shape index (κ2) is 6.06. The molecule has 1 heterocycles. The lowest BCUT2D eigenvalue weighted by Crippen LogP contribution is -2.00. The lowest BCUT2D eigenvalue weighted by Gasteiger charge is -2.07. The third-order valence-corrected chi connectivity index (χ3v) is 2.72. The van der Waals surface area contributed by atoms with Gasteiger partial charge in [0.2, 0.25) is 5.88 Å². The van der Waals surface area contributed by atoms with Gasteiger partial charge in [0.25, 0.3) is 0 Å². The van der Waals surface area contributed by atoms with E-state index in [1.807, 2.05) is 31.2 Å². The van der Waals surface area contributed by atoms with Crippen molar-refractivity contribution in [2.75, 3.05) is 13.7 Å². The van der Waals surface area contributed by atoms with E-state index in [1.54, 1.807) is 0 Å². The van der Waals surface area contributed by atoms with Crippen LogP contribution in [0.5, 0.6) is 11.6 Å². The summed E-state index contributed by atoms with van der Waals surface area (Å²) in [6.07, 6.45) is 0. The molecular weight excluding hydrogens is 258 g/mol. The van der Waals surface area contributed by atoms with E-state index in [1.165, 1.54) is 19.2 Å². The van der Waals surface area contributed by atoms with Crippen LogP contribution in [0.2, 0.25) is 0 Å². The Balaban J connectivity index is 2.40. The molecule has 0 aliphatic rings. The van der Waals surface area contributed by atoms with Crippen LogP contribution in [0.15, 0.2) is 36.4 Å². The summed E-state index contributed by atoms with van der Waals surface area (Å²) in [6.45, 7) is 2.51. The van der Waals surface area contributed by atoms with E-state index >= 15 is 0 Å². The molecule has 1 N–H and O–H groups in total. The van der Waals surface area contributed by atoms with Crippen LogP contribution in [0.25, 0.3) is 11.3 Å². The Kier molecular flexibility index (Phi) is 4.20. The van der Waals surface area contributed by atoms with Crippen LogP contribution < -0.4 is 9.47 Å². The normalized spacial score (nSPS) is 10.1. The fraction of sp³-hybridized carbons (Fsp3) is 0.200. The molecule has 0 radical (unpaired) electrons. The zero-order valence-electron chi connectivity index (χ0n) is 11.3. The van der Waals surface area contributed by atoms with Gasteiger partial charge in [-0.1, -0.05) is 0 Å². The molecule has 5 nitrogen and oxygen atoms in total. The number of aromatic nitrogens is 1. The number of pyridine rings is 1. The molecule has 0 atom stereocenters. The van der Waals surface area contributed by atoms with E-state index in [2.05, 4.69) is 4.98 Å². The van der Waals surface area contributed by atoms with Gasteiger partial charge in [0.15, 0.2) is 0 Å². The molecular formula is C15H15NO4. The van der Waals surface area contributed by atoms with Gasteiger partial charge in [-0.2, -0.15) is 0 Å². The Morgan fingerprint density at radius 1 is 1.25 bits per heavy atom. The average Bonchev–Trinajstić information content (AvgIpc) is 2.47. The zero-order chi connectivity index (χ0) is 14.5. The maximum atomic E-state index is 11.1. The van der Waals surface area contributed by atoms with Gasteiger partial charge in [-0.05, 0) is 37.3 Å². The van der Waals surface area contributed by atoms with Crippen LogP contribution in [0.1, 0.15) is 17.3 Å². The Morgan fingerprint density at radius 2 is 1.95 bits per heavy atom. The number of benzene rings is 1. The summed E-state index contributed by atoms with van der Waals surface area (Å²) < 4.78 is 10.4.